The molecule has 0 amide bonds. The van der Waals surface area contributed by atoms with Crippen LogP contribution in [-0.4, -0.2) is 15.2 Å². The van der Waals surface area contributed by atoms with Gasteiger partial charge in [-0.15, -0.1) is 0 Å². The summed E-state index contributed by atoms with van der Waals surface area (Å²) in [6.07, 6.45) is 3.11. The molecule has 0 aliphatic heterocycles. The highest BCUT2D eigenvalue weighted by molar-refractivity contribution is 5.51. The Balaban J connectivity index is 1.66. The van der Waals surface area contributed by atoms with E-state index in [1.54, 1.807) is 42.9 Å². The zero-order valence-electron chi connectivity index (χ0n) is 9.91. The maximum atomic E-state index is 9.17. The Morgan fingerprint density at radius 1 is 1.16 bits per heavy atom. The van der Waals surface area contributed by atoms with Gasteiger partial charge >= 0.3 is 0 Å². The number of rotatable bonds is 4. The van der Waals surface area contributed by atoms with Gasteiger partial charge in [-0.1, -0.05) is 5.16 Å². The van der Waals surface area contributed by atoms with Crippen molar-refractivity contribution >= 4 is 5.69 Å². The number of aromatic hydroxyl groups is 1. The van der Waals surface area contributed by atoms with Crippen molar-refractivity contribution in [1.82, 2.24) is 10.1 Å². The molecule has 0 atom stereocenters. The summed E-state index contributed by atoms with van der Waals surface area (Å²) in [6.45, 7) is 0.412. The standard InChI is InChI=1S/C13H11N3O3/c17-11-3-1-10(2-4-11)14-7-12-15-13(16-19-12)9-5-6-18-8-9/h1-6,8,14,17H,7H2. The van der Waals surface area contributed by atoms with E-state index in [9.17, 15) is 5.11 Å². The molecule has 6 heteroatoms. The molecule has 6 nitrogen and oxygen atoms in total. The SMILES string of the molecule is Oc1ccc(NCc2nc(-c3ccoc3)no2)cc1. The van der Waals surface area contributed by atoms with E-state index < -0.39 is 0 Å². The quantitative estimate of drug-likeness (QED) is 0.699. The second kappa shape index (κ2) is 4.85. The maximum absolute atomic E-state index is 9.17. The van der Waals surface area contributed by atoms with Crippen molar-refractivity contribution in [2.45, 2.75) is 6.54 Å². The van der Waals surface area contributed by atoms with Gasteiger partial charge in [-0.25, -0.2) is 0 Å². The average molecular weight is 257 g/mol. The molecule has 0 aliphatic carbocycles. The van der Waals surface area contributed by atoms with Crippen molar-refractivity contribution in [3.8, 4) is 17.1 Å². The van der Waals surface area contributed by atoms with Crippen LogP contribution in [-0.2, 0) is 6.54 Å². The Labute approximate surface area is 108 Å². The number of anilines is 1. The highest BCUT2D eigenvalue weighted by atomic mass is 16.5. The summed E-state index contributed by atoms with van der Waals surface area (Å²) < 4.78 is 10.1. The summed E-state index contributed by atoms with van der Waals surface area (Å²) in [7, 11) is 0. The molecule has 2 N–H and O–H groups in total. The molecular weight excluding hydrogens is 246 g/mol. The second-order valence-corrected chi connectivity index (χ2v) is 3.92. The van der Waals surface area contributed by atoms with Crippen LogP contribution in [0, 0.1) is 0 Å². The zero-order valence-corrected chi connectivity index (χ0v) is 9.91. The van der Waals surface area contributed by atoms with Crippen LogP contribution >= 0.6 is 0 Å². The highest BCUT2D eigenvalue weighted by Gasteiger charge is 2.09. The zero-order chi connectivity index (χ0) is 13.1. The van der Waals surface area contributed by atoms with E-state index in [0.29, 0.717) is 18.3 Å². The van der Waals surface area contributed by atoms with Crippen molar-refractivity contribution in [1.29, 1.82) is 0 Å². The molecule has 3 aromatic rings. The van der Waals surface area contributed by atoms with Gasteiger partial charge in [0.25, 0.3) is 0 Å². The molecule has 2 heterocycles. The Hall–Kier alpha value is -2.76. The fourth-order valence-corrected chi connectivity index (χ4v) is 1.59. The van der Waals surface area contributed by atoms with E-state index >= 15 is 0 Å². The topological polar surface area (TPSA) is 84.3 Å². The molecule has 0 spiro atoms. The Kier molecular flexibility index (Phi) is 2.89. The van der Waals surface area contributed by atoms with Gasteiger partial charge in [0.1, 0.15) is 12.0 Å². The molecule has 96 valence electrons. The number of hydrogen-bond acceptors (Lipinski definition) is 6. The first-order valence-electron chi connectivity index (χ1n) is 5.69. The van der Waals surface area contributed by atoms with Gasteiger partial charge in [0.15, 0.2) is 0 Å². The summed E-state index contributed by atoms with van der Waals surface area (Å²) in [6, 6.07) is 8.51. The third-order valence-corrected chi connectivity index (χ3v) is 2.56. The average Bonchev–Trinajstić information content (AvgIpc) is 3.09. The van der Waals surface area contributed by atoms with Crippen LogP contribution in [0.1, 0.15) is 5.89 Å². The van der Waals surface area contributed by atoms with Gasteiger partial charge < -0.3 is 19.4 Å². The molecule has 3 rings (SSSR count). The molecule has 2 aromatic heterocycles. The molecular formula is C13H11N3O3. The predicted octanol–water partition coefficient (Wildman–Crippen LogP) is 2.65. The largest absolute Gasteiger partial charge is 0.508 e. The smallest absolute Gasteiger partial charge is 0.246 e. The minimum absolute atomic E-state index is 0.227. The van der Waals surface area contributed by atoms with E-state index in [2.05, 4.69) is 15.5 Å². The van der Waals surface area contributed by atoms with Crippen molar-refractivity contribution in [3.63, 3.8) is 0 Å². The van der Waals surface area contributed by atoms with E-state index in [4.69, 9.17) is 8.94 Å². The predicted molar refractivity (Wildman–Crippen MR) is 67.4 cm³/mol. The molecule has 19 heavy (non-hydrogen) atoms. The lowest BCUT2D eigenvalue weighted by atomic mass is 10.3. The first kappa shape index (κ1) is 11.3. The van der Waals surface area contributed by atoms with Gasteiger partial charge in [-0.2, -0.15) is 4.98 Å². The highest BCUT2D eigenvalue weighted by Crippen LogP contribution is 2.17. The summed E-state index contributed by atoms with van der Waals surface area (Å²) in [5, 5.41) is 16.1. The molecule has 0 aliphatic rings. The first-order valence-corrected chi connectivity index (χ1v) is 5.69. The lowest BCUT2D eigenvalue weighted by Crippen LogP contribution is -1.99. The molecule has 0 unspecified atom stereocenters. The minimum atomic E-state index is 0.227. The Morgan fingerprint density at radius 3 is 2.74 bits per heavy atom. The van der Waals surface area contributed by atoms with E-state index in [1.807, 2.05) is 0 Å². The van der Waals surface area contributed by atoms with Crippen LogP contribution in [0.4, 0.5) is 5.69 Å². The monoisotopic (exact) mass is 257 g/mol. The normalized spacial score (nSPS) is 10.5. The number of phenols is 1. The van der Waals surface area contributed by atoms with Gasteiger partial charge in [0.2, 0.25) is 11.7 Å². The third kappa shape index (κ3) is 2.57. The molecule has 0 bridgehead atoms. The lowest BCUT2D eigenvalue weighted by Gasteiger charge is -2.02. The fourth-order valence-electron chi connectivity index (χ4n) is 1.59. The minimum Gasteiger partial charge on any atom is -0.508 e. The Morgan fingerprint density at radius 2 is 2.00 bits per heavy atom. The maximum Gasteiger partial charge on any atom is 0.246 e. The van der Waals surface area contributed by atoms with Gasteiger partial charge in [0.05, 0.1) is 18.4 Å². The van der Waals surface area contributed by atoms with Crippen molar-refractivity contribution in [2.24, 2.45) is 0 Å². The summed E-state index contributed by atoms with van der Waals surface area (Å²) >= 11 is 0. The summed E-state index contributed by atoms with van der Waals surface area (Å²) in [5.41, 5.74) is 1.64. The molecule has 0 fully saturated rings. The number of benzene rings is 1. The lowest BCUT2D eigenvalue weighted by molar-refractivity contribution is 0.384. The number of nitrogens with one attached hydrogen (secondary N) is 1. The van der Waals surface area contributed by atoms with E-state index in [1.165, 1.54) is 0 Å². The summed E-state index contributed by atoms with van der Waals surface area (Å²) in [4.78, 5) is 4.24. The number of aromatic nitrogens is 2. The van der Waals surface area contributed by atoms with Crippen molar-refractivity contribution < 1.29 is 14.0 Å². The van der Waals surface area contributed by atoms with E-state index in [-0.39, 0.29) is 5.75 Å². The van der Waals surface area contributed by atoms with Crippen molar-refractivity contribution in [2.75, 3.05) is 5.32 Å². The van der Waals surface area contributed by atoms with Crippen LogP contribution in [0.2, 0.25) is 0 Å². The van der Waals surface area contributed by atoms with Gasteiger partial charge in [-0.3, -0.25) is 0 Å². The van der Waals surface area contributed by atoms with Gasteiger partial charge in [0, 0.05) is 5.69 Å². The van der Waals surface area contributed by atoms with Crippen LogP contribution in [0.25, 0.3) is 11.4 Å². The van der Waals surface area contributed by atoms with Crippen LogP contribution in [0.3, 0.4) is 0 Å². The Bertz CT molecular complexity index is 644. The fraction of sp³-hybridized carbons (Fsp3) is 0.0769. The second-order valence-electron chi connectivity index (χ2n) is 3.92. The molecule has 0 radical (unpaired) electrons. The summed E-state index contributed by atoms with van der Waals surface area (Å²) in [5.74, 6) is 1.20. The molecule has 1 aromatic carbocycles. The number of phenolic OH excluding ortho intramolecular Hbond substituents is 1. The molecule has 0 saturated carbocycles. The van der Waals surface area contributed by atoms with Crippen LogP contribution in [0.5, 0.6) is 5.75 Å². The van der Waals surface area contributed by atoms with Crippen molar-refractivity contribution in [3.05, 3.63) is 48.7 Å². The number of nitrogens with zero attached hydrogens (tertiary/aromatic N) is 2. The third-order valence-electron chi connectivity index (χ3n) is 2.56. The van der Waals surface area contributed by atoms with E-state index in [0.717, 1.165) is 11.3 Å². The van der Waals surface area contributed by atoms with Gasteiger partial charge in [-0.05, 0) is 30.3 Å². The van der Waals surface area contributed by atoms with Crippen LogP contribution in [0.15, 0.2) is 51.8 Å². The number of furan rings is 1. The number of hydrogen-bond donors (Lipinski definition) is 2. The molecule has 0 saturated heterocycles. The van der Waals surface area contributed by atoms with Crippen LogP contribution < -0.4 is 5.32 Å². The first-order chi connectivity index (χ1) is 9.31.